The van der Waals surface area contributed by atoms with Crippen LogP contribution in [0.5, 0.6) is 0 Å². The molecule has 0 spiro atoms. The van der Waals surface area contributed by atoms with Gasteiger partial charge in [-0.25, -0.2) is 4.79 Å². The zero-order valence-electron chi connectivity index (χ0n) is 29.5. The van der Waals surface area contributed by atoms with Gasteiger partial charge in [0.05, 0.1) is 37.0 Å². The van der Waals surface area contributed by atoms with Crippen LogP contribution in [0.1, 0.15) is 69.4 Å². The molecule has 0 aromatic heterocycles. The van der Waals surface area contributed by atoms with Crippen molar-refractivity contribution in [3.8, 4) is 6.07 Å². The maximum Gasteiger partial charge on any atom is 0.407 e. The predicted octanol–water partition coefficient (Wildman–Crippen LogP) is 0.366. The fourth-order valence-electron chi connectivity index (χ4n) is 9.95. The molecule has 6 fully saturated rings. The van der Waals surface area contributed by atoms with Crippen LogP contribution in [0.3, 0.4) is 0 Å². The number of carbonyl (C=O) groups is 2. The molecular formula is C37H55N5O9. The van der Waals surface area contributed by atoms with Gasteiger partial charge in [0, 0.05) is 25.7 Å². The standard InChI is InChI=1S/C37H55N5O9/c1-2-41(18-29(44)31(46)32(47)30(45)19-43)17-22-3-5-23(6-4-22)20-50-35(49)40-7-8-51-37-14-24-9-25(15-37)13-36(12-24,21-37)33(39)34(48)42-27(16-38)10-26-11-28(26)42/h3-6,24-33,43-47H,2,7-15,17-21,39H2,1H3,(H,40,49)/t24?,25?,26-,27+,28+,29+,30-,31-,32-,33-,36?,37?/m1/s1. The highest BCUT2D eigenvalue weighted by atomic mass is 16.5. The van der Waals surface area contributed by atoms with Gasteiger partial charge in [-0.3, -0.25) is 9.69 Å². The second kappa shape index (κ2) is 15.6. The number of ether oxygens (including phenoxy) is 2. The average molecular weight is 714 g/mol. The number of benzene rings is 1. The minimum Gasteiger partial charge on any atom is -0.445 e. The van der Waals surface area contributed by atoms with Crippen LogP contribution in [-0.2, 0) is 27.4 Å². The van der Waals surface area contributed by atoms with Gasteiger partial charge in [0.25, 0.3) is 0 Å². The van der Waals surface area contributed by atoms with Gasteiger partial charge in [-0.2, -0.15) is 5.26 Å². The number of rotatable bonds is 17. The van der Waals surface area contributed by atoms with Crippen LogP contribution in [0.4, 0.5) is 4.79 Å². The van der Waals surface area contributed by atoms with E-state index in [1.165, 1.54) is 0 Å². The second-order valence-electron chi connectivity index (χ2n) is 16.0. The largest absolute Gasteiger partial charge is 0.445 e. The molecule has 0 radical (unpaired) electrons. The predicted molar refractivity (Wildman–Crippen MR) is 183 cm³/mol. The topological polar surface area (TPSA) is 222 Å². The van der Waals surface area contributed by atoms with Gasteiger partial charge in [-0.05, 0) is 92.2 Å². The Morgan fingerprint density at radius 3 is 2.35 bits per heavy atom. The molecule has 1 saturated heterocycles. The molecule has 14 heteroatoms. The summed E-state index contributed by atoms with van der Waals surface area (Å²) in [7, 11) is 0. The van der Waals surface area contributed by atoms with E-state index in [0.29, 0.717) is 37.5 Å². The number of alkyl carbamates (subject to hydrolysis) is 1. The fourth-order valence-corrected chi connectivity index (χ4v) is 9.95. The molecule has 1 aromatic rings. The van der Waals surface area contributed by atoms with Crippen LogP contribution in [-0.4, -0.2) is 128 Å². The minimum absolute atomic E-state index is 0.0428. The first-order chi connectivity index (χ1) is 24.4. The lowest BCUT2D eigenvalue weighted by Crippen LogP contribution is -2.65. The molecule has 2 amide bonds. The van der Waals surface area contributed by atoms with Gasteiger partial charge >= 0.3 is 6.09 Å². The number of hydrogen-bond donors (Lipinski definition) is 7. The number of nitrogens with one attached hydrogen (secondary N) is 1. The van der Waals surface area contributed by atoms with Gasteiger partial charge in [0.15, 0.2) is 0 Å². The molecule has 14 nitrogen and oxygen atoms in total. The summed E-state index contributed by atoms with van der Waals surface area (Å²) in [6, 6.07) is 8.97. The Morgan fingerprint density at radius 2 is 1.71 bits per heavy atom. The molecule has 6 aliphatic rings. The summed E-state index contributed by atoms with van der Waals surface area (Å²) < 4.78 is 12.0. The number of nitrogens with two attached hydrogens (primary N) is 1. The monoisotopic (exact) mass is 713 g/mol. The van der Waals surface area contributed by atoms with Crippen molar-refractivity contribution in [1.29, 1.82) is 5.26 Å². The summed E-state index contributed by atoms with van der Waals surface area (Å²) in [5, 5.41) is 61.4. The van der Waals surface area contributed by atoms with Gasteiger partial charge < -0.3 is 51.0 Å². The van der Waals surface area contributed by atoms with E-state index in [1.54, 1.807) is 4.90 Å². The van der Waals surface area contributed by atoms with Crippen molar-refractivity contribution in [3.63, 3.8) is 0 Å². The smallest absolute Gasteiger partial charge is 0.407 e. The third kappa shape index (κ3) is 8.21. The highest BCUT2D eigenvalue weighted by Gasteiger charge is 2.63. The Morgan fingerprint density at radius 1 is 1.04 bits per heavy atom. The molecule has 2 unspecified atom stereocenters. The number of nitriles is 1. The average Bonchev–Trinajstić information content (AvgIpc) is 3.79. The van der Waals surface area contributed by atoms with Crippen molar-refractivity contribution in [2.45, 2.75) is 120 Å². The van der Waals surface area contributed by atoms with Crippen molar-refractivity contribution in [1.82, 2.24) is 15.1 Å². The number of aliphatic hydroxyl groups is 5. The van der Waals surface area contributed by atoms with E-state index in [9.17, 15) is 35.3 Å². The quantitative estimate of drug-likeness (QED) is 0.109. The number of hydrogen-bond acceptors (Lipinski definition) is 12. The van der Waals surface area contributed by atoms with Crippen LogP contribution in [0.15, 0.2) is 24.3 Å². The van der Waals surface area contributed by atoms with E-state index in [2.05, 4.69) is 11.4 Å². The Kier molecular flexibility index (Phi) is 11.6. The first-order valence-electron chi connectivity index (χ1n) is 18.5. The molecule has 51 heavy (non-hydrogen) atoms. The maximum atomic E-state index is 13.8. The third-order valence-electron chi connectivity index (χ3n) is 12.3. The summed E-state index contributed by atoms with van der Waals surface area (Å²) in [6.45, 7) is 2.90. The third-order valence-corrected chi connectivity index (χ3v) is 12.3. The zero-order chi connectivity index (χ0) is 36.5. The summed E-state index contributed by atoms with van der Waals surface area (Å²) in [4.78, 5) is 29.9. The van der Waals surface area contributed by atoms with Crippen LogP contribution < -0.4 is 11.1 Å². The minimum atomic E-state index is -1.67. The van der Waals surface area contributed by atoms with Gasteiger partial charge in [0.1, 0.15) is 31.0 Å². The van der Waals surface area contributed by atoms with Crippen molar-refractivity contribution in [2.24, 2.45) is 28.9 Å². The highest BCUT2D eigenvalue weighted by Crippen LogP contribution is 2.64. The molecule has 1 heterocycles. The van der Waals surface area contributed by atoms with E-state index in [0.717, 1.165) is 62.5 Å². The normalized spacial score (nSPS) is 33.2. The number of piperidine rings is 1. The lowest BCUT2D eigenvalue weighted by Gasteiger charge is -2.63. The summed E-state index contributed by atoms with van der Waals surface area (Å²) >= 11 is 0. The molecule has 282 valence electrons. The van der Waals surface area contributed by atoms with E-state index in [1.807, 2.05) is 36.1 Å². The van der Waals surface area contributed by atoms with Gasteiger partial charge in [0.2, 0.25) is 5.91 Å². The van der Waals surface area contributed by atoms with Crippen LogP contribution in [0.25, 0.3) is 0 Å². The number of likely N-dealkylation sites (tertiary alicyclic amines) is 1. The van der Waals surface area contributed by atoms with E-state index < -0.39 is 43.2 Å². The van der Waals surface area contributed by atoms with Crippen LogP contribution >= 0.6 is 0 Å². The summed E-state index contributed by atoms with van der Waals surface area (Å²) in [5.74, 6) is 1.32. The molecule has 7 rings (SSSR count). The Labute approximate surface area is 299 Å². The Balaban J connectivity index is 0.927. The first kappa shape index (κ1) is 37.9. The van der Waals surface area contributed by atoms with E-state index in [-0.39, 0.29) is 48.7 Å². The van der Waals surface area contributed by atoms with Crippen molar-refractivity contribution < 1.29 is 44.6 Å². The first-order valence-corrected chi connectivity index (χ1v) is 18.5. The van der Waals surface area contributed by atoms with Gasteiger partial charge in [-0.1, -0.05) is 31.2 Å². The lowest BCUT2D eigenvalue weighted by molar-refractivity contribution is -0.199. The Hall–Kier alpha value is -2.87. The summed E-state index contributed by atoms with van der Waals surface area (Å²) in [6.07, 6.45) is 0.641. The van der Waals surface area contributed by atoms with E-state index >= 15 is 0 Å². The fraction of sp³-hybridized carbons (Fsp3) is 0.757. The number of aliphatic hydroxyl groups excluding tert-OH is 5. The van der Waals surface area contributed by atoms with Crippen molar-refractivity contribution in [3.05, 3.63) is 35.4 Å². The van der Waals surface area contributed by atoms with Crippen molar-refractivity contribution in [2.75, 3.05) is 32.8 Å². The Bertz CT molecular complexity index is 1410. The molecule has 5 saturated carbocycles. The van der Waals surface area contributed by atoms with Crippen LogP contribution in [0.2, 0.25) is 0 Å². The number of fused-ring (bicyclic) bond motifs is 1. The molecule has 1 aliphatic heterocycles. The van der Waals surface area contributed by atoms with Gasteiger partial charge in [-0.15, -0.1) is 0 Å². The maximum absolute atomic E-state index is 13.8. The molecule has 10 atom stereocenters. The van der Waals surface area contributed by atoms with E-state index in [4.69, 9.17) is 20.3 Å². The SMILES string of the molecule is CCN(Cc1ccc(COC(=O)NCCOC23CC4CC(C2)CC([C@H](N)C(=O)N2[C@H](C#N)C[C@@H]5C[C@@H]52)(C4)C3)cc1)C[C@H](O)[C@@H](O)[C@H](O)[C@H](O)CO. The molecular weight excluding hydrogens is 658 g/mol. The molecule has 4 bridgehead atoms. The van der Waals surface area contributed by atoms with Crippen molar-refractivity contribution >= 4 is 12.0 Å². The highest BCUT2D eigenvalue weighted by molar-refractivity contribution is 5.84. The lowest BCUT2D eigenvalue weighted by atomic mass is 9.46. The molecule has 5 aliphatic carbocycles. The second-order valence-corrected chi connectivity index (χ2v) is 16.0. The number of amides is 2. The molecule has 8 N–H and O–H groups in total. The zero-order valence-corrected chi connectivity index (χ0v) is 29.5. The molecule has 1 aromatic carbocycles. The number of nitrogens with zero attached hydrogens (tertiary/aromatic N) is 3. The number of carbonyl (C=O) groups excluding carboxylic acids is 2. The summed E-state index contributed by atoms with van der Waals surface area (Å²) in [5.41, 5.74) is 7.89. The number of likely N-dealkylation sites (N-methyl/N-ethyl adjacent to an activating group) is 1. The van der Waals surface area contributed by atoms with Crippen LogP contribution in [0, 0.1) is 34.5 Å².